The van der Waals surface area contributed by atoms with Crippen LogP contribution in [0.15, 0.2) is 36.4 Å². The first kappa shape index (κ1) is 20.9. The number of carbonyl (C=O) groups is 2. The standard InChI is InChI=1S/C20H31N3O2/c1-14(2)12-17(21)20(25)23-18(15(3)4)13-22-19(24)11-10-16-8-6-5-7-9-16/h5-11,14-15,17-18H,12-13,21H2,1-4H3,(H,22,24)(H,23,25)/b11-10+/t17?,18-/m1/s1. The highest BCUT2D eigenvalue weighted by Gasteiger charge is 2.21. The van der Waals surface area contributed by atoms with Gasteiger partial charge in [0.25, 0.3) is 0 Å². The van der Waals surface area contributed by atoms with Gasteiger partial charge in [0.05, 0.1) is 6.04 Å². The molecule has 1 aromatic rings. The molecule has 1 aromatic carbocycles. The zero-order valence-corrected chi connectivity index (χ0v) is 15.7. The van der Waals surface area contributed by atoms with E-state index in [0.29, 0.717) is 18.9 Å². The maximum atomic E-state index is 12.2. The van der Waals surface area contributed by atoms with Gasteiger partial charge in [0, 0.05) is 18.7 Å². The van der Waals surface area contributed by atoms with Crippen LogP contribution >= 0.6 is 0 Å². The summed E-state index contributed by atoms with van der Waals surface area (Å²) >= 11 is 0. The molecule has 0 bridgehead atoms. The number of amides is 2. The van der Waals surface area contributed by atoms with Gasteiger partial charge in [-0.1, -0.05) is 58.0 Å². The SMILES string of the molecule is CC(C)CC(N)C(=O)N[C@H](CNC(=O)/C=C/c1ccccc1)C(C)C. The van der Waals surface area contributed by atoms with Crippen molar-refractivity contribution in [1.82, 2.24) is 10.6 Å². The predicted molar refractivity (Wildman–Crippen MR) is 103 cm³/mol. The molecule has 138 valence electrons. The maximum absolute atomic E-state index is 12.2. The van der Waals surface area contributed by atoms with Crippen molar-refractivity contribution in [3.63, 3.8) is 0 Å². The van der Waals surface area contributed by atoms with E-state index < -0.39 is 6.04 Å². The van der Waals surface area contributed by atoms with Crippen molar-refractivity contribution in [2.45, 2.75) is 46.2 Å². The third-order valence-corrected chi connectivity index (χ3v) is 3.92. The summed E-state index contributed by atoms with van der Waals surface area (Å²) in [6.07, 6.45) is 3.90. The largest absolute Gasteiger partial charge is 0.350 e. The van der Waals surface area contributed by atoms with E-state index in [2.05, 4.69) is 10.6 Å². The van der Waals surface area contributed by atoms with Gasteiger partial charge >= 0.3 is 0 Å². The van der Waals surface area contributed by atoms with Crippen LogP contribution in [0, 0.1) is 11.8 Å². The van der Waals surface area contributed by atoms with Gasteiger partial charge in [-0.15, -0.1) is 0 Å². The second-order valence-corrected chi connectivity index (χ2v) is 7.08. The van der Waals surface area contributed by atoms with E-state index in [4.69, 9.17) is 5.73 Å². The third-order valence-electron chi connectivity index (χ3n) is 3.92. The van der Waals surface area contributed by atoms with Crippen molar-refractivity contribution >= 4 is 17.9 Å². The van der Waals surface area contributed by atoms with Gasteiger partial charge in [-0.3, -0.25) is 9.59 Å². The summed E-state index contributed by atoms with van der Waals surface area (Å²) in [5, 5.41) is 5.79. The molecule has 2 amide bonds. The summed E-state index contributed by atoms with van der Waals surface area (Å²) in [5.41, 5.74) is 6.89. The van der Waals surface area contributed by atoms with Crippen LogP contribution in [-0.4, -0.2) is 30.4 Å². The number of nitrogens with two attached hydrogens (primary N) is 1. The minimum Gasteiger partial charge on any atom is -0.350 e. The fraction of sp³-hybridized carbons (Fsp3) is 0.500. The zero-order valence-electron chi connectivity index (χ0n) is 15.7. The first-order valence-electron chi connectivity index (χ1n) is 8.86. The number of nitrogens with one attached hydrogen (secondary N) is 2. The molecule has 0 aliphatic heterocycles. The van der Waals surface area contributed by atoms with E-state index in [-0.39, 0.29) is 23.8 Å². The van der Waals surface area contributed by atoms with Crippen molar-refractivity contribution in [2.75, 3.05) is 6.54 Å². The molecule has 0 heterocycles. The summed E-state index contributed by atoms with van der Waals surface area (Å²) in [6, 6.07) is 8.95. The van der Waals surface area contributed by atoms with Gasteiger partial charge < -0.3 is 16.4 Å². The lowest BCUT2D eigenvalue weighted by Gasteiger charge is -2.24. The van der Waals surface area contributed by atoms with Crippen LogP contribution in [0.2, 0.25) is 0 Å². The molecule has 0 aliphatic carbocycles. The molecule has 0 spiro atoms. The van der Waals surface area contributed by atoms with Gasteiger partial charge in [0.15, 0.2) is 0 Å². The summed E-state index contributed by atoms with van der Waals surface area (Å²) in [5.74, 6) is 0.200. The van der Waals surface area contributed by atoms with Crippen molar-refractivity contribution in [3.8, 4) is 0 Å². The van der Waals surface area contributed by atoms with E-state index in [1.165, 1.54) is 6.08 Å². The number of hydrogen-bond acceptors (Lipinski definition) is 3. The molecule has 0 fully saturated rings. The van der Waals surface area contributed by atoms with Crippen molar-refractivity contribution < 1.29 is 9.59 Å². The van der Waals surface area contributed by atoms with Crippen molar-refractivity contribution in [3.05, 3.63) is 42.0 Å². The smallest absolute Gasteiger partial charge is 0.244 e. The summed E-state index contributed by atoms with van der Waals surface area (Å²) in [6.45, 7) is 8.45. The third kappa shape index (κ3) is 8.49. The molecule has 5 heteroatoms. The highest BCUT2D eigenvalue weighted by molar-refractivity contribution is 5.91. The quantitative estimate of drug-likeness (QED) is 0.601. The Balaban J connectivity index is 2.51. The summed E-state index contributed by atoms with van der Waals surface area (Å²) in [7, 11) is 0. The minimum atomic E-state index is -0.519. The van der Waals surface area contributed by atoms with Crippen LogP contribution in [0.1, 0.15) is 39.7 Å². The Kier molecular flexibility index (Phi) is 8.92. The summed E-state index contributed by atoms with van der Waals surface area (Å²) in [4.78, 5) is 24.2. The van der Waals surface area contributed by atoms with Crippen LogP contribution in [0.25, 0.3) is 6.08 Å². The van der Waals surface area contributed by atoms with Gasteiger partial charge in [0.2, 0.25) is 11.8 Å². The van der Waals surface area contributed by atoms with E-state index in [9.17, 15) is 9.59 Å². The molecule has 4 N–H and O–H groups in total. The zero-order chi connectivity index (χ0) is 18.8. The Hall–Kier alpha value is -2.14. The fourth-order valence-electron chi connectivity index (χ4n) is 2.36. The first-order valence-corrected chi connectivity index (χ1v) is 8.86. The van der Waals surface area contributed by atoms with Crippen LogP contribution in [0.5, 0.6) is 0 Å². The Bertz CT molecular complexity index is 568. The Labute approximate surface area is 151 Å². The van der Waals surface area contributed by atoms with E-state index >= 15 is 0 Å². The molecule has 1 unspecified atom stereocenters. The second-order valence-electron chi connectivity index (χ2n) is 7.08. The fourth-order valence-corrected chi connectivity index (χ4v) is 2.36. The van der Waals surface area contributed by atoms with E-state index in [0.717, 1.165) is 5.56 Å². The molecule has 0 aliphatic rings. The lowest BCUT2D eigenvalue weighted by atomic mass is 10.0. The number of hydrogen-bond donors (Lipinski definition) is 3. The highest BCUT2D eigenvalue weighted by atomic mass is 16.2. The maximum Gasteiger partial charge on any atom is 0.244 e. The molecule has 1 rings (SSSR count). The highest BCUT2D eigenvalue weighted by Crippen LogP contribution is 2.06. The van der Waals surface area contributed by atoms with E-state index in [1.807, 2.05) is 58.0 Å². The van der Waals surface area contributed by atoms with Gasteiger partial charge in [-0.2, -0.15) is 0 Å². The van der Waals surface area contributed by atoms with Crippen molar-refractivity contribution in [1.29, 1.82) is 0 Å². The predicted octanol–water partition coefficient (Wildman–Crippen LogP) is 2.33. The molecule has 0 saturated carbocycles. The van der Waals surface area contributed by atoms with Crippen LogP contribution in [0.4, 0.5) is 0 Å². The second kappa shape index (κ2) is 10.7. The number of carbonyl (C=O) groups excluding carboxylic acids is 2. The van der Waals surface area contributed by atoms with Crippen LogP contribution < -0.4 is 16.4 Å². The number of benzene rings is 1. The molecule has 5 nitrogen and oxygen atoms in total. The average Bonchev–Trinajstić information content (AvgIpc) is 2.56. The molecule has 2 atom stereocenters. The van der Waals surface area contributed by atoms with Crippen LogP contribution in [0.3, 0.4) is 0 Å². The molecule has 0 aromatic heterocycles. The lowest BCUT2D eigenvalue weighted by molar-refractivity contribution is -0.124. The topological polar surface area (TPSA) is 84.2 Å². The Morgan fingerprint density at radius 1 is 1.12 bits per heavy atom. The molecular formula is C20H31N3O2. The van der Waals surface area contributed by atoms with Gasteiger partial charge in [-0.25, -0.2) is 0 Å². The van der Waals surface area contributed by atoms with Crippen LogP contribution in [-0.2, 0) is 9.59 Å². The molecule has 0 saturated heterocycles. The average molecular weight is 345 g/mol. The first-order chi connectivity index (χ1) is 11.8. The van der Waals surface area contributed by atoms with E-state index in [1.54, 1.807) is 6.08 Å². The summed E-state index contributed by atoms with van der Waals surface area (Å²) < 4.78 is 0. The number of rotatable bonds is 9. The molecule has 0 radical (unpaired) electrons. The molecular weight excluding hydrogens is 314 g/mol. The normalized spacial score (nSPS) is 13.9. The monoisotopic (exact) mass is 345 g/mol. The molecule has 25 heavy (non-hydrogen) atoms. The lowest BCUT2D eigenvalue weighted by Crippen LogP contribution is -2.51. The van der Waals surface area contributed by atoms with Gasteiger partial charge in [0.1, 0.15) is 0 Å². The Morgan fingerprint density at radius 3 is 2.32 bits per heavy atom. The van der Waals surface area contributed by atoms with Gasteiger partial charge in [-0.05, 0) is 29.9 Å². The Morgan fingerprint density at radius 2 is 1.76 bits per heavy atom. The minimum absolute atomic E-state index is 0.153. The van der Waals surface area contributed by atoms with Crippen molar-refractivity contribution in [2.24, 2.45) is 17.6 Å².